The molecule has 0 rings (SSSR count). The molecule has 0 aromatic heterocycles. The average Bonchev–Trinajstić information content (AvgIpc) is 2.12. The Balaban J connectivity index is 5.05. The van der Waals surface area contributed by atoms with Gasteiger partial charge in [-0.05, 0) is 31.9 Å². The van der Waals surface area contributed by atoms with Crippen molar-refractivity contribution in [2.24, 2.45) is 0 Å². The first-order valence-corrected chi connectivity index (χ1v) is 6.97. The summed E-state index contributed by atoms with van der Waals surface area (Å²) in [5.41, 5.74) is 0. The van der Waals surface area contributed by atoms with Crippen molar-refractivity contribution in [1.29, 1.82) is 0 Å². The second-order valence-electron chi connectivity index (χ2n) is 3.58. The number of halogens is 1. The lowest BCUT2D eigenvalue weighted by Gasteiger charge is -2.24. The molecule has 0 fully saturated rings. The van der Waals surface area contributed by atoms with Crippen LogP contribution < -0.4 is 0 Å². The van der Waals surface area contributed by atoms with Gasteiger partial charge in [0.15, 0.2) is 14.6 Å². The molecule has 0 aliphatic heterocycles. The topological polar surface area (TPSA) is 77.5 Å². The summed E-state index contributed by atoms with van der Waals surface area (Å²) < 4.78 is 26.0. The molecule has 7 heteroatoms. The summed E-state index contributed by atoms with van der Waals surface area (Å²) in [7, 11) is -3.67. The van der Waals surface area contributed by atoms with Crippen LogP contribution in [0.1, 0.15) is 26.7 Å². The van der Waals surface area contributed by atoms with Gasteiger partial charge in [-0.2, -0.15) is 0 Å². The average molecular weight is 271 g/mol. The lowest BCUT2D eigenvalue weighted by Crippen LogP contribution is -2.44. The molecule has 94 valence electrons. The third-order valence-electron chi connectivity index (χ3n) is 2.32. The Bertz CT molecular complexity index is 375. The van der Waals surface area contributed by atoms with Gasteiger partial charge in [0, 0.05) is 12.7 Å². The summed E-state index contributed by atoms with van der Waals surface area (Å²) in [5.74, 6) is -0.851. The van der Waals surface area contributed by atoms with E-state index in [9.17, 15) is 18.0 Å². The van der Waals surface area contributed by atoms with Crippen molar-refractivity contribution in [3.8, 4) is 0 Å². The van der Waals surface area contributed by atoms with Crippen LogP contribution in [0.3, 0.4) is 0 Å². The summed E-state index contributed by atoms with van der Waals surface area (Å²) in [6, 6.07) is 0. The molecule has 1 atom stereocenters. The summed E-state index contributed by atoms with van der Waals surface area (Å²) in [6.45, 7) is 2.90. The fourth-order valence-electron chi connectivity index (χ4n) is 1.06. The first-order chi connectivity index (χ1) is 7.15. The molecule has 0 N–H and O–H groups in total. The van der Waals surface area contributed by atoms with Gasteiger partial charge in [-0.3, -0.25) is 9.59 Å². The molecule has 0 aliphatic rings. The fourth-order valence-corrected chi connectivity index (χ4v) is 1.99. The Morgan fingerprint density at radius 1 is 1.38 bits per heavy atom. The van der Waals surface area contributed by atoms with Crippen LogP contribution in [0, 0.1) is 0 Å². The number of carbonyl (C=O) groups is 2. The van der Waals surface area contributed by atoms with Crippen molar-refractivity contribution in [3.63, 3.8) is 0 Å². The third-order valence-corrected chi connectivity index (χ3v) is 4.52. The van der Waals surface area contributed by atoms with Crippen LogP contribution in [0.15, 0.2) is 0 Å². The van der Waals surface area contributed by atoms with E-state index in [0.717, 1.165) is 6.26 Å². The van der Waals surface area contributed by atoms with E-state index in [1.54, 1.807) is 6.92 Å². The first-order valence-electron chi connectivity index (χ1n) is 4.70. The zero-order chi connectivity index (χ0) is 13.0. The van der Waals surface area contributed by atoms with E-state index >= 15 is 0 Å². The third kappa shape index (κ3) is 3.75. The second kappa shape index (κ2) is 5.63. The van der Waals surface area contributed by atoms with Gasteiger partial charge < -0.3 is 4.74 Å². The largest absolute Gasteiger partial charge is 0.465 e. The molecule has 16 heavy (non-hydrogen) atoms. The summed E-state index contributed by atoms with van der Waals surface area (Å²) in [6.07, 6.45) is 0.569. The number of rotatable bonds is 6. The van der Waals surface area contributed by atoms with Crippen LogP contribution in [0.4, 0.5) is 0 Å². The number of ether oxygens (including phenoxy) is 1. The standard InChI is InChI=1S/C9H15ClO5S/c1-4-15-8(12)9(2,16(3,13)14)6-5-7(10)11/h4-6H2,1-3H3. The molecule has 5 nitrogen and oxygen atoms in total. The summed E-state index contributed by atoms with van der Waals surface area (Å²) >= 11 is 5.13. The molecule has 0 saturated heterocycles. The van der Waals surface area contributed by atoms with E-state index in [2.05, 4.69) is 0 Å². The van der Waals surface area contributed by atoms with Crippen molar-refractivity contribution in [2.75, 3.05) is 12.9 Å². The maximum absolute atomic E-state index is 11.6. The number of hydrogen-bond acceptors (Lipinski definition) is 5. The van der Waals surface area contributed by atoms with Crippen LogP contribution >= 0.6 is 11.6 Å². The van der Waals surface area contributed by atoms with E-state index in [4.69, 9.17) is 16.3 Å². The van der Waals surface area contributed by atoms with Crippen molar-refractivity contribution < 1.29 is 22.7 Å². The van der Waals surface area contributed by atoms with Crippen LogP contribution in [-0.4, -0.2) is 37.2 Å². The summed E-state index contributed by atoms with van der Waals surface area (Å²) in [4.78, 5) is 22.2. The number of hydrogen-bond donors (Lipinski definition) is 0. The van der Waals surface area contributed by atoms with Gasteiger partial charge in [-0.25, -0.2) is 8.42 Å². The Morgan fingerprint density at radius 2 is 1.88 bits per heavy atom. The van der Waals surface area contributed by atoms with E-state index in [-0.39, 0.29) is 19.4 Å². The van der Waals surface area contributed by atoms with Crippen molar-refractivity contribution >= 4 is 32.6 Å². The van der Waals surface area contributed by atoms with Crippen LogP contribution in [0.5, 0.6) is 0 Å². The SMILES string of the molecule is CCOC(=O)C(C)(CCC(=O)Cl)S(C)(=O)=O. The van der Waals surface area contributed by atoms with Gasteiger partial charge in [0.05, 0.1) is 6.61 Å². The molecule has 0 amide bonds. The molecule has 1 unspecified atom stereocenters. The zero-order valence-electron chi connectivity index (χ0n) is 9.45. The van der Waals surface area contributed by atoms with E-state index in [0.29, 0.717) is 0 Å². The highest BCUT2D eigenvalue weighted by Crippen LogP contribution is 2.25. The quantitative estimate of drug-likeness (QED) is 0.529. The predicted octanol–water partition coefficient (Wildman–Crippen LogP) is 0.898. The predicted molar refractivity (Wildman–Crippen MR) is 60.0 cm³/mol. The molecule has 0 aromatic rings. The lowest BCUT2D eigenvalue weighted by atomic mass is 10.1. The molecule has 0 radical (unpaired) electrons. The van der Waals surface area contributed by atoms with Crippen LogP contribution in [0.25, 0.3) is 0 Å². The van der Waals surface area contributed by atoms with Gasteiger partial charge in [0.25, 0.3) is 0 Å². The van der Waals surface area contributed by atoms with E-state index in [1.165, 1.54) is 6.92 Å². The fraction of sp³-hybridized carbons (Fsp3) is 0.778. The first kappa shape index (κ1) is 15.4. The minimum Gasteiger partial charge on any atom is -0.465 e. The lowest BCUT2D eigenvalue weighted by molar-refractivity contribution is -0.146. The Morgan fingerprint density at radius 3 is 2.19 bits per heavy atom. The smallest absolute Gasteiger partial charge is 0.327 e. The van der Waals surface area contributed by atoms with Gasteiger partial charge in [-0.15, -0.1) is 0 Å². The number of carbonyl (C=O) groups excluding carboxylic acids is 2. The highest BCUT2D eigenvalue weighted by atomic mass is 35.5. The molecule has 0 spiro atoms. The Kier molecular flexibility index (Phi) is 5.41. The van der Waals surface area contributed by atoms with Crippen LogP contribution in [0.2, 0.25) is 0 Å². The monoisotopic (exact) mass is 270 g/mol. The zero-order valence-corrected chi connectivity index (χ0v) is 11.0. The van der Waals surface area contributed by atoms with E-state index in [1.807, 2.05) is 0 Å². The van der Waals surface area contributed by atoms with Gasteiger partial charge in [0.1, 0.15) is 0 Å². The Labute approximate surface area is 100 Å². The molecule has 0 aromatic carbocycles. The van der Waals surface area contributed by atoms with Gasteiger partial charge >= 0.3 is 5.97 Å². The van der Waals surface area contributed by atoms with Gasteiger partial charge in [-0.1, -0.05) is 0 Å². The normalized spacial score (nSPS) is 15.2. The van der Waals surface area contributed by atoms with Crippen LogP contribution in [-0.2, 0) is 24.2 Å². The number of esters is 1. The minimum absolute atomic E-state index is 0.0821. The molecular weight excluding hydrogens is 256 g/mol. The highest BCUT2D eigenvalue weighted by Gasteiger charge is 2.44. The van der Waals surface area contributed by atoms with E-state index < -0.39 is 25.8 Å². The maximum atomic E-state index is 11.6. The molecular formula is C9H15ClO5S. The maximum Gasteiger partial charge on any atom is 0.327 e. The van der Waals surface area contributed by atoms with Crippen molar-refractivity contribution in [3.05, 3.63) is 0 Å². The van der Waals surface area contributed by atoms with Gasteiger partial charge in [0.2, 0.25) is 5.24 Å². The molecule has 0 heterocycles. The second-order valence-corrected chi connectivity index (χ2v) is 6.45. The van der Waals surface area contributed by atoms with Crippen molar-refractivity contribution in [1.82, 2.24) is 0 Å². The Hall–Kier alpha value is -0.620. The molecule has 0 bridgehead atoms. The molecule has 0 aliphatic carbocycles. The summed E-state index contributed by atoms with van der Waals surface area (Å²) in [5, 5.41) is -0.681. The highest BCUT2D eigenvalue weighted by molar-refractivity contribution is 7.92. The molecule has 0 saturated carbocycles. The minimum atomic E-state index is -3.67. The number of sulfone groups is 1. The van der Waals surface area contributed by atoms with Crippen molar-refractivity contribution in [2.45, 2.75) is 31.4 Å².